The van der Waals surface area contributed by atoms with Crippen LogP contribution in [0, 0.1) is 5.92 Å². The van der Waals surface area contributed by atoms with Gasteiger partial charge < -0.3 is 4.74 Å². The summed E-state index contributed by atoms with van der Waals surface area (Å²) >= 11 is 2.12. The van der Waals surface area contributed by atoms with Crippen molar-refractivity contribution in [2.45, 2.75) is 24.5 Å². The zero-order valence-corrected chi connectivity index (χ0v) is 7.25. The van der Waals surface area contributed by atoms with Gasteiger partial charge >= 0.3 is 0 Å². The van der Waals surface area contributed by atoms with Crippen LogP contribution in [-0.2, 0) is 4.74 Å². The first kappa shape index (κ1) is 6.99. The normalized spacial score (nSPS) is 41.7. The second-order valence-corrected chi connectivity index (χ2v) is 5.00. The third kappa shape index (κ3) is 1.19. The average Bonchev–Trinajstić information content (AvgIpc) is 2.72. The van der Waals surface area contributed by atoms with Crippen LogP contribution in [0.25, 0.3) is 0 Å². The van der Waals surface area contributed by atoms with Crippen molar-refractivity contribution in [3.63, 3.8) is 0 Å². The molecule has 0 saturated carbocycles. The summed E-state index contributed by atoms with van der Waals surface area (Å²) < 4.78 is 5.97. The Morgan fingerprint density at radius 2 is 2.00 bits per heavy atom. The predicted octanol–water partition coefficient (Wildman–Crippen LogP) is 1.92. The molecule has 0 amide bonds. The molecule has 0 bridgehead atoms. The first-order valence-corrected chi connectivity index (χ1v) is 5.01. The van der Waals surface area contributed by atoms with Crippen molar-refractivity contribution in [2.24, 2.45) is 5.92 Å². The van der Waals surface area contributed by atoms with Crippen LogP contribution in [0.1, 0.15) is 19.8 Å². The van der Waals surface area contributed by atoms with Crippen molar-refractivity contribution in [3.05, 3.63) is 0 Å². The van der Waals surface area contributed by atoms with Crippen LogP contribution in [0.4, 0.5) is 0 Å². The van der Waals surface area contributed by atoms with Gasteiger partial charge in [-0.25, -0.2) is 0 Å². The molecule has 2 rings (SSSR count). The van der Waals surface area contributed by atoms with Crippen molar-refractivity contribution in [2.75, 3.05) is 19.0 Å². The summed E-state index contributed by atoms with van der Waals surface area (Å²) in [6, 6.07) is 0. The maximum Gasteiger partial charge on any atom is 0.0469 e. The van der Waals surface area contributed by atoms with E-state index < -0.39 is 0 Å². The van der Waals surface area contributed by atoms with E-state index in [-0.39, 0.29) is 0 Å². The fourth-order valence-corrected chi connectivity index (χ4v) is 2.59. The van der Waals surface area contributed by atoms with Crippen molar-refractivity contribution in [3.8, 4) is 0 Å². The van der Waals surface area contributed by atoms with E-state index in [0.717, 1.165) is 19.1 Å². The summed E-state index contributed by atoms with van der Waals surface area (Å²) in [5.41, 5.74) is 0. The number of hydrogen-bond acceptors (Lipinski definition) is 2. The summed E-state index contributed by atoms with van der Waals surface area (Å²) in [4.78, 5) is 0. The van der Waals surface area contributed by atoms with Crippen LogP contribution in [0.2, 0.25) is 0 Å². The van der Waals surface area contributed by atoms with E-state index in [1.165, 1.54) is 18.6 Å². The molecule has 2 saturated heterocycles. The highest BCUT2D eigenvalue weighted by Gasteiger charge is 2.45. The van der Waals surface area contributed by atoms with E-state index in [9.17, 15) is 0 Å². The molecule has 2 heterocycles. The van der Waals surface area contributed by atoms with Gasteiger partial charge in [0.25, 0.3) is 0 Å². The van der Waals surface area contributed by atoms with E-state index in [1.54, 1.807) is 0 Å². The Morgan fingerprint density at radius 1 is 1.40 bits per heavy atom. The van der Waals surface area contributed by atoms with Crippen molar-refractivity contribution in [1.29, 1.82) is 0 Å². The van der Waals surface area contributed by atoms with E-state index >= 15 is 0 Å². The van der Waals surface area contributed by atoms with Gasteiger partial charge in [-0.3, -0.25) is 0 Å². The van der Waals surface area contributed by atoms with Crippen LogP contribution in [0.3, 0.4) is 0 Å². The van der Waals surface area contributed by atoms with Crippen LogP contribution < -0.4 is 0 Å². The topological polar surface area (TPSA) is 9.23 Å². The largest absolute Gasteiger partial charge is 0.381 e. The molecule has 2 heteroatoms. The SMILES string of the molecule is CC1(C2CCOCC2)CS1. The Balaban J connectivity index is 1.91. The fraction of sp³-hybridized carbons (Fsp3) is 1.00. The minimum atomic E-state index is 0.657. The van der Waals surface area contributed by atoms with E-state index in [2.05, 4.69) is 18.7 Å². The molecular formula is C8H14OS. The highest BCUT2D eigenvalue weighted by atomic mass is 32.2. The van der Waals surface area contributed by atoms with Gasteiger partial charge in [-0.1, -0.05) is 0 Å². The zero-order valence-electron chi connectivity index (χ0n) is 6.43. The Hall–Kier alpha value is 0.310. The minimum absolute atomic E-state index is 0.657. The Morgan fingerprint density at radius 3 is 2.50 bits per heavy atom. The van der Waals surface area contributed by atoms with E-state index in [4.69, 9.17) is 4.74 Å². The molecule has 0 aromatic rings. The van der Waals surface area contributed by atoms with Crippen LogP contribution in [-0.4, -0.2) is 23.7 Å². The monoisotopic (exact) mass is 158 g/mol. The molecule has 2 fully saturated rings. The summed E-state index contributed by atoms with van der Waals surface area (Å²) in [5.74, 6) is 2.34. The van der Waals surface area contributed by atoms with E-state index in [1.807, 2.05) is 0 Å². The number of hydrogen-bond donors (Lipinski definition) is 0. The fourth-order valence-electron chi connectivity index (χ4n) is 1.66. The molecule has 2 aliphatic rings. The first-order chi connectivity index (χ1) is 4.81. The number of rotatable bonds is 1. The van der Waals surface area contributed by atoms with E-state index in [0.29, 0.717) is 4.75 Å². The van der Waals surface area contributed by atoms with Gasteiger partial charge in [0, 0.05) is 23.7 Å². The molecule has 0 N–H and O–H groups in total. The second-order valence-electron chi connectivity index (χ2n) is 3.49. The molecule has 0 aliphatic carbocycles. The van der Waals surface area contributed by atoms with Gasteiger partial charge in [-0.2, -0.15) is 11.8 Å². The summed E-state index contributed by atoms with van der Waals surface area (Å²) in [7, 11) is 0. The van der Waals surface area contributed by atoms with Crippen LogP contribution in [0.15, 0.2) is 0 Å². The average molecular weight is 158 g/mol. The molecule has 1 nitrogen and oxygen atoms in total. The molecule has 0 spiro atoms. The lowest BCUT2D eigenvalue weighted by Crippen LogP contribution is -2.26. The van der Waals surface area contributed by atoms with Gasteiger partial charge in [0.05, 0.1) is 0 Å². The highest BCUT2D eigenvalue weighted by Crippen LogP contribution is 2.52. The van der Waals surface area contributed by atoms with Gasteiger partial charge in [-0.15, -0.1) is 0 Å². The molecule has 2 aliphatic heterocycles. The molecule has 0 aromatic carbocycles. The third-order valence-electron chi connectivity index (χ3n) is 2.68. The Bertz CT molecular complexity index is 125. The van der Waals surface area contributed by atoms with Crippen LogP contribution in [0.5, 0.6) is 0 Å². The molecule has 0 aromatic heterocycles. The molecule has 1 unspecified atom stereocenters. The first-order valence-electron chi connectivity index (χ1n) is 4.03. The Labute approximate surface area is 66.5 Å². The lowest BCUT2D eigenvalue weighted by atomic mass is 9.89. The number of ether oxygens (including phenoxy) is 1. The van der Waals surface area contributed by atoms with Gasteiger partial charge in [0.1, 0.15) is 0 Å². The van der Waals surface area contributed by atoms with Gasteiger partial charge in [-0.05, 0) is 25.7 Å². The second kappa shape index (κ2) is 2.42. The highest BCUT2D eigenvalue weighted by molar-refractivity contribution is 8.07. The molecule has 10 heavy (non-hydrogen) atoms. The van der Waals surface area contributed by atoms with Gasteiger partial charge in [0.2, 0.25) is 0 Å². The number of thioether (sulfide) groups is 1. The predicted molar refractivity (Wildman–Crippen MR) is 44.4 cm³/mol. The van der Waals surface area contributed by atoms with Gasteiger partial charge in [0.15, 0.2) is 0 Å². The standard InChI is InChI=1S/C8H14OS/c1-8(6-10-8)7-2-4-9-5-3-7/h7H,2-6H2,1H3. The minimum Gasteiger partial charge on any atom is -0.381 e. The molecule has 0 radical (unpaired) electrons. The Kier molecular flexibility index (Phi) is 1.69. The summed E-state index contributed by atoms with van der Waals surface area (Å²) in [5, 5.41) is 0. The molecule has 1 atom stereocenters. The summed E-state index contributed by atoms with van der Waals surface area (Å²) in [6.07, 6.45) is 2.59. The van der Waals surface area contributed by atoms with Crippen molar-refractivity contribution in [1.82, 2.24) is 0 Å². The summed E-state index contributed by atoms with van der Waals surface area (Å²) in [6.45, 7) is 4.40. The third-order valence-corrected chi connectivity index (χ3v) is 4.22. The maximum atomic E-state index is 5.31. The quantitative estimate of drug-likeness (QED) is 0.539. The smallest absolute Gasteiger partial charge is 0.0469 e. The molecular weight excluding hydrogens is 144 g/mol. The molecule has 58 valence electrons. The van der Waals surface area contributed by atoms with Crippen molar-refractivity contribution >= 4 is 11.8 Å². The lowest BCUT2D eigenvalue weighted by Gasteiger charge is -2.26. The zero-order chi connectivity index (χ0) is 7.03. The lowest BCUT2D eigenvalue weighted by molar-refractivity contribution is 0.0610. The maximum absolute atomic E-state index is 5.31. The van der Waals surface area contributed by atoms with Crippen molar-refractivity contribution < 1.29 is 4.74 Å². The van der Waals surface area contributed by atoms with Crippen LogP contribution >= 0.6 is 11.8 Å².